The van der Waals surface area contributed by atoms with Crippen LogP contribution in [-0.4, -0.2) is 5.91 Å². The van der Waals surface area contributed by atoms with Gasteiger partial charge in [0.15, 0.2) is 0 Å². The fraction of sp³-hybridized carbons (Fsp3) is 0. The van der Waals surface area contributed by atoms with Gasteiger partial charge in [0.25, 0.3) is 0 Å². The molecule has 0 radical (unpaired) electrons. The molecule has 0 saturated carbocycles. The van der Waals surface area contributed by atoms with Crippen molar-refractivity contribution in [3.63, 3.8) is 0 Å². The Labute approximate surface area is 111 Å². The zero-order valence-electron chi connectivity index (χ0n) is 10.3. The number of benzene rings is 3. The minimum Gasteiger partial charge on any atom is -0.366 e. The fourth-order valence-electron chi connectivity index (χ4n) is 2.40. The SMILES string of the molecule is NC(=O)c1c(-c2ccccc2)ccc2ccccc12. The van der Waals surface area contributed by atoms with Gasteiger partial charge in [0.05, 0.1) is 5.56 Å². The molecule has 19 heavy (non-hydrogen) atoms. The monoisotopic (exact) mass is 247 g/mol. The largest absolute Gasteiger partial charge is 0.366 e. The van der Waals surface area contributed by atoms with Crippen LogP contribution in [0.25, 0.3) is 21.9 Å². The molecule has 3 rings (SSSR count). The summed E-state index contributed by atoms with van der Waals surface area (Å²) in [4.78, 5) is 11.8. The molecule has 0 aliphatic heterocycles. The van der Waals surface area contributed by atoms with Gasteiger partial charge in [-0.25, -0.2) is 0 Å². The normalized spacial score (nSPS) is 10.5. The molecular weight excluding hydrogens is 234 g/mol. The van der Waals surface area contributed by atoms with Crippen LogP contribution >= 0.6 is 0 Å². The van der Waals surface area contributed by atoms with Crippen LogP contribution in [0.2, 0.25) is 0 Å². The number of rotatable bonds is 2. The first-order valence-corrected chi connectivity index (χ1v) is 6.14. The van der Waals surface area contributed by atoms with Crippen LogP contribution in [0.4, 0.5) is 0 Å². The van der Waals surface area contributed by atoms with E-state index in [9.17, 15) is 4.79 Å². The van der Waals surface area contributed by atoms with Crippen LogP contribution < -0.4 is 5.73 Å². The Morgan fingerprint density at radius 2 is 1.47 bits per heavy atom. The molecular formula is C17H13NO. The summed E-state index contributed by atoms with van der Waals surface area (Å²) < 4.78 is 0. The van der Waals surface area contributed by atoms with Gasteiger partial charge >= 0.3 is 0 Å². The van der Waals surface area contributed by atoms with E-state index in [1.807, 2.05) is 66.7 Å². The second-order valence-corrected chi connectivity index (χ2v) is 4.44. The third-order valence-corrected chi connectivity index (χ3v) is 3.26. The van der Waals surface area contributed by atoms with E-state index in [1.165, 1.54) is 0 Å². The summed E-state index contributed by atoms with van der Waals surface area (Å²) in [6.45, 7) is 0. The first-order valence-electron chi connectivity index (χ1n) is 6.14. The summed E-state index contributed by atoms with van der Waals surface area (Å²) >= 11 is 0. The van der Waals surface area contributed by atoms with Crippen LogP contribution in [0.15, 0.2) is 66.7 Å². The van der Waals surface area contributed by atoms with Gasteiger partial charge in [-0.1, -0.05) is 66.7 Å². The van der Waals surface area contributed by atoms with Gasteiger partial charge in [-0.15, -0.1) is 0 Å². The molecule has 1 amide bonds. The second kappa shape index (κ2) is 4.58. The van der Waals surface area contributed by atoms with Crippen molar-refractivity contribution in [2.45, 2.75) is 0 Å². The molecule has 3 aromatic rings. The molecule has 0 fully saturated rings. The molecule has 0 saturated heterocycles. The van der Waals surface area contributed by atoms with E-state index >= 15 is 0 Å². The van der Waals surface area contributed by atoms with E-state index in [-0.39, 0.29) is 0 Å². The summed E-state index contributed by atoms with van der Waals surface area (Å²) in [5.41, 5.74) is 8.05. The van der Waals surface area contributed by atoms with E-state index in [1.54, 1.807) is 0 Å². The Kier molecular flexibility index (Phi) is 2.76. The Bertz CT molecular complexity index is 748. The van der Waals surface area contributed by atoms with Gasteiger partial charge in [0, 0.05) is 0 Å². The highest BCUT2D eigenvalue weighted by molar-refractivity contribution is 6.11. The number of primary amides is 1. The zero-order valence-corrected chi connectivity index (χ0v) is 10.3. The molecule has 0 unspecified atom stereocenters. The predicted molar refractivity (Wildman–Crippen MR) is 77.9 cm³/mol. The van der Waals surface area contributed by atoms with Gasteiger partial charge in [-0.2, -0.15) is 0 Å². The zero-order chi connectivity index (χ0) is 13.2. The predicted octanol–water partition coefficient (Wildman–Crippen LogP) is 3.61. The minimum absolute atomic E-state index is 0.393. The van der Waals surface area contributed by atoms with Gasteiger partial charge in [-0.3, -0.25) is 4.79 Å². The van der Waals surface area contributed by atoms with E-state index in [0.29, 0.717) is 5.56 Å². The number of nitrogens with two attached hydrogens (primary N) is 1. The molecule has 0 spiro atoms. The van der Waals surface area contributed by atoms with Crippen molar-refractivity contribution in [1.82, 2.24) is 0 Å². The maximum atomic E-state index is 11.8. The fourth-order valence-corrected chi connectivity index (χ4v) is 2.40. The van der Waals surface area contributed by atoms with Crippen molar-refractivity contribution in [3.8, 4) is 11.1 Å². The first-order chi connectivity index (χ1) is 9.27. The number of hydrogen-bond donors (Lipinski definition) is 1. The summed E-state index contributed by atoms with van der Waals surface area (Å²) in [6.07, 6.45) is 0. The van der Waals surface area contributed by atoms with Gasteiger partial charge in [-0.05, 0) is 21.9 Å². The lowest BCUT2D eigenvalue weighted by Gasteiger charge is -2.10. The Morgan fingerprint density at radius 3 is 2.21 bits per heavy atom. The molecule has 0 aromatic heterocycles. The van der Waals surface area contributed by atoms with Crippen molar-refractivity contribution in [3.05, 3.63) is 72.3 Å². The first kappa shape index (κ1) is 11.5. The summed E-state index contributed by atoms with van der Waals surface area (Å²) in [5.74, 6) is -0.393. The smallest absolute Gasteiger partial charge is 0.249 e. The Balaban J connectivity index is 2.37. The average molecular weight is 247 g/mol. The Morgan fingerprint density at radius 1 is 0.789 bits per heavy atom. The van der Waals surface area contributed by atoms with Crippen molar-refractivity contribution >= 4 is 16.7 Å². The van der Waals surface area contributed by atoms with E-state index in [4.69, 9.17) is 5.73 Å². The number of amides is 1. The summed E-state index contributed by atoms with van der Waals surface area (Å²) in [5, 5.41) is 1.92. The highest BCUT2D eigenvalue weighted by Gasteiger charge is 2.13. The van der Waals surface area contributed by atoms with Gasteiger partial charge in [0.1, 0.15) is 0 Å². The molecule has 0 atom stereocenters. The topological polar surface area (TPSA) is 43.1 Å². The van der Waals surface area contributed by atoms with E-state index < -0.39 is 5.91 Å². The third-order valence-electron chi connectivity index (χ3n) is 3.26. The molecule has 3 aromatic carbocycles. The van der Waals surface area contributed by atoms with Crippen LogP contribution in [-0.2, 0) is 0 Å². The molecule has 2 heteroatoms. The molecule has 0 aliphatic carbocycles. The van der Waals surface area contributed by atoms with Gasteiger partial charge < -0.3 is 5.73 Å². The highest BCUT2D eigenvalue weighted by atomic mass is 16.1. The lowest BCUT2D eigenvalue weighted by Crippen LogP contribution is -2.13. The van der Waals surface area contributed by atoms with E-state index in [2.05, 4.69) is 0 Å². The van der Waals surface area contributed by atoms with Crippen molar-refractivity contribution in [2.24, 2.45) is 5.73 Å². The van der Waals surface area contributed by atoms with Gasteiger partial charge in [0.2, 0.25) is 5.91 Å². The van der Waals surface area contributed by atoms with Crippen LogP contribution in [0.1, 0.15) is 10.4 Å². The maximum absolute atomic E-state index is 11.8. The standard InChI is InChI=1S/C17H13NO/c18-17(19)16-14-9-5-4-8-13(14)10-11-15(16)12-6-2-1-3-7-12/h1-11H,(H2,18,19). The minimum atomic E-state index is -0.393. The molecule has 92 valence electrons. The average Bonchev–Trinajstić information content (AvgIpc) is 2.46. The molecule has 0 heterocycles. The van der Waals surface area contributed by atoms with Crippen LogP contribution in [0.3, 0.4) is 0 Å². The maximum Gasteiger partial charge on any atom is 0.249 e. The third kappa shape index (κ3) is 1.97. The number of fused-ring (bicyclic) bond motifs is 1. The van der Waals surface area contributed by atoms with Crippen molar-refractivity contribution in [2.75, 3.05) is 0 Å². The van der Waals surface area contributed by atoms with Crippen LogP contribution in [0.5, 0.6) is 0 Å². The van der Waals surface area contributed by atoms with Crippen LogP contribution in [0, 0.1) is 0 Å². The number of carbonyl (C=O) groups is 1. The molecule has 2 nitrogen and oxygen atoms in total. The van der Waals surface area contributed by atoms with Crippen molar-refractivity contribution in [1.29, 1.82) is 0 Å². The number of carbonyl (C=O) groups excluding carboxylic acids is 1. The lowest BCUT2D eigenvalue weighted by molar-refractivity contribution is 0.100. The molecule has 2 N–H and O–H groups in total. The lowest BCUT2D eigenvalue weighted by atomic mass is 9.94. The summed E-state index contributed by atoms with van der Waals surface area (Å²) in [7, 11) is 0. The molecule has 0 bridgehead atoms. The van der Waals surface area contributed by atoms with Crippen molar-refractivity contribution < 1.29 is 4.79 Å². The van der Waals surface area contributed by atoms with E-state index in [0.717, 1.165) is 21.9 Å². The highest BCUT2D eigenvalue weighted by Crippen LogP contribution is 2.29. The Hall–Kier alpha value is -2.61. The number of hydrogen-bond acceptors (Lipinski definition) is 1. The summed E-state index contributed by atoms with van der Waals surface area (Å²) in [6, 6.07) is 21.6. The quantitative estimate of drug-likeness (QED) is 0.738. The second-order valence-electron chi connectivity index (χ2n) is 4.44. The molecule has 0 aliphatic rings.